The van der Waals surface area contributed by atoms with E-state index < -0.39 is 10.0 Å². The van der Waals surface area contributed by atoms with Gasteiger partial charge in [-0.15, -0.1) is 11.6 Å². The molecule has 0 saturated carbocycles. The van der Waals surface area contributed by atoms with Gasteiger partial charge in [0.1, 0.15) is 0 Å². The number of sulfonamides is 1. The second kappa shape index (κ2) is 5.55. The molecule has 1 aliphatic rings. The Morgan fingerprint density at radius 1 is 1.50 bits per heavy atom. The van der Waals surface area contributed by atoms with Crippen LogP contribution in [-0.4, -0.2) is 30.8 Å². The summed E-state index contributed by atoms with van der Waals surface area (Å²) in [5.41, 5.74) is 0.822. The molecule has 0 N–H and O–H groups in total. The van der Waals surface area contributed by atoms with Gasteiger partial charge in [-0.2, -0.15) is 4.31 Å². The first kappa shape index (κ1) is 13.8. The van der Waals surface area contributed by atoms with Crippen molar-refractivity contribution in [3.63, 3.8) is 0 Å². The second-order valence-corrected chi connectivity index (χ2v) is 6.90. The first-order valence-electron chi connectivity index (χ1n) is 6.05. The lowest BCUT2D eigenvalue weighted by Gasteiger charge is -2.29. The molecule has 0 aromatic carbocycles. The molecule has 1 fully saturated rings. The molecule has 0 spiro atoms. The van der Waals surface area contributed by atoms with E-state index in [0.717, 1.165) is 18.4 Å². The predicted molar refractivity (Wildman–Crippen MR) is 71.0 cm³/mol. The van der Waals surface area contributed by atoms with E-state index in [1.807, 2.05) is 0 Å². The largest absolute Gasteiger partial charge is 0.260 e. The minimum Gasteiger partial charge on any atom is -0.243 e. The molecule has 1 atom stereocenters. The number of pyridine rings is 1. The SMILES string of the molecule is CC1CCCN(S(=O)(=O)c2ccc(CCl)cn2)C1. The standard InChI is InChI=1S/C12H17ClN2O2S/c1-10-3-2-6-15(9-10)18(16,17)12-5-4-11(7-13)8-14-12/h4-5,8,10H,2-3,6-7,9H2,1H3. The van der Waals surface area contributed by atoms with E-state index in [2.05, 4.69) is 11.9 Å². The average molecular weight is 289 g/mol. The van der Waals surface area contributed by atoms with Gasteiger partial charge in [0, 0.05) is 25.2 Å². The van der Waals surface area contributed by atoms with Gasteiger partial charge in [0.15, 0.2) is 5.03 Å². The van der Waals surface area contributed by atoms with Crippen LogP contribution in [-0.2, 0) is 15.9 Å². The minimum atomic E-state index is -3.44. The average Bonchev–Trinajstić information content (AvgIpc) is 2.39. The summed E-state index contributed by atoms with van der Waals surface area (Å²) in [4.78, 5) is 4.01. The van der Waals surface area contributed by atoms with Crippen LogP contribution in [0.3, 0.4) is 0 Å². The third-order valence-electron chi connectivity index (χ3n) is 3.18. The number of aromatic nitrogens is 1. The summed E-state index contributed by atoms with van der Waals surface area (Å²) >= 11 is 5.66. The van der Waals surface area contributed by atoms with E-state index in [9.17, 15) is 8.42 Å². The molecule has 2 heterocycles. The zero-order valence-corrected chi connectivity index (χ0v) is 11.9. The normalized spacial score (nSPS) is 22.0. The van der Waals surface area contributed by atoms with Crippen molar-refractivity contribution >= 4 is 21.6 Å². The molecule has 1 unspecified atom stereocenters. The van der Waals surface area contributed by atoms with E-state index in [1.54, 1.807) is 6.07 Å². The van der Waals surface area contributed by atoms with E-state index in [-0.39, 0.29) is 5.03 Å². The monoisotopic (exact) mass is 288 g/mol. The van der Waals surface area contributed by atoms with Crippen LogP contribution in [0, 0.1) is 5.92 Å². The third-order valence-corrected chi connectivity index (χ3v) is 5.27. The molecule has 100 valence electrons. The number of rotatable bonds is 3. The molecular formula is C12H17ClN2O2S. The maximum absolute atomic E-state index is 12.4. The molecule has 0 amide bonds. The summed E-state index contributed by atoms with van der Waals surface area (Å²) in [6.45, 7) is 3.25. The van der Waals surface area contributed by atoms with Crippen LogP contribution >= 0.6 is 11.6 Å². The van der Waals surface area contributed by atoms with Crippen LogP contribution in [0.4, 0.5) is 0 Å². The molecule has 1 saturated heterocycles. The molecule has 18 heavy (non-hydrogen) atoms. The van der Waals surface area contributed by atoms with E-state index in [1.165, 1.54) is 16.6 Å². The van der Waals surface area contributed by atoms with Crippen molar-refractivity contribution in [2.45, 2.75) is 30.7 Å². The number of hydrogen-bond donors (Lipinski definition) is 0. The fourth-order valence-corrected chi connectivity index (χ4v) is 3.81. The van der Waals surface area contributed by atoms with Gasteiger partial charge in [-0.05, 0) is 30.4 Å². The highest BCUT2D eigenvalue weighted by Crippen LogP contribution is 2.22. The lowest BCUT2D eigenvalue weighted by Crippen LogP contribution is -2.39. The highest BCUT2D eigenvalue weighted by Gasteiger charge is 2.29. The van der Waals surface area contributed by atoms with Gasteiger partial charge in [-0.3, -0.25) is 0 Å². The van der Waals surface area contributed by atoms with Crippen molar-refractivity contribution in [1.82, 2.24) is 9.29 Å². The lowest BCUT2D eigenvalue weighted by atomic mass is 10.0. The summed E-state index contributed by atoms with van der Waals surface area (Å²) in [7, 11) is -3.44. The topological polar surface area (TPSA) is 50.3 Å². The smallest absolute Gasteiger partial charge is 0.243 e. The Morgan fingerprint density at radius 3 is 2.83 bits per heavy atom. The number of halogens is 1. The first-order chi connectivity index (χ1) is 8.54. The molecular weight excluding hydrogens is 272 g/mol. The van der Waals surface area contributed by atoms with Crippen molar-refractivity contribution in [3.05, 3.63) is 23.9 Å². The Bertz CT molecular complexity index is 501. The maximum Gasteiger partial charge on any atom is 0.260 e. The molecule has 0 aliphatic carbocycles. The zero-order valence-electron chi connectivity index (χ0n) is 10.3. The molecule has 1 aromatic heterocycles. The first-order valence-corrected chi connectivity index (χ1v) is 8.02. The summed E-state index contributed by atoms with van der Waals surface area (Å²) < 4.78 is 26.3. The van der Waals surface area contributed by atoms with E-state index >= 15 is 0 Å². The molecule has 1 aliphatic heterocycles. The fourth-order valence-electron chi connectivity index (χ4n) is 2.14. The Morgan fingerprint density at radius 2 is 2.28 bits per heavy atom. The van der Waals surface area contributed by atoms with Gasteiger partial charge in [-0.25, -0.2) is 13.4 Å². The van der Waals surface area contributed by atoms with Gasteiger partial charge >= 0.3 is 0 Å². The van der Waals surface area contributed by atoms with Crippen LogP contribution in [0.5, 0.6) is 0 Å². The quantitative estimate of drug-likeness (QED) is 0.802. The summed E-state index contributed by atoms with van der Waals surface area (Å²) in [5, 5.41) is 0.116. The molecule has 4 nitrogen and oxygen atoms in total. The van der Waals surface area contributed by atoms with Gasteiger partial charge in [0.2, 0.25) is 0 Å². The van der Waals surface area contributed by atoms with Crippen LogP contribution in [0.2, 0.25) is 0 Å². The van der Waals surface area contributed by atoms with Crippen molar-refractivity contribution in [2.75, 3.05) is 13.1 Å². The van der Waals surface area contributed by atoms with Crippen molar-refractivity contribution < 1.29 is 8.42 Å². The molecule has 6 heteroatoms. The summed E-state index contributed by atoms with van der Waals surface area (Å²) in [6, 6.07) is 3.24. The van der Waals surface area contributed by atoms with Crippen molar-refractivity contribution in [2.24, 2.45) is 5.92 Å². The Hall–Kier alpha value is -0.650. The lowest BCUT2D eigenvalue weighted by molar-refractivity contribution is 0.280. The fraction of sp³-hybridized carbons (Fsp3) is 0.583. The Kier molecular flexibility index (Phi) is 4.25. The Balaban J connectivity index is 2.23. The second-order valence-electron chi connectivity index (χ2n) is 4.75. The van der Waals surface area contributed by atoms with Crippen molar-refractivity contribution in [1.29, 1.82) is 0 Å². The van der Waals surface area contributed by atoms with Crippen LogP contribution < -0.4 is 0 Å². The zero-order chi connectivity index (χ0) is 13.2. The molecule has 0 bridgehead atoms. The van der Waals surface area contributed by atoms with Gasteiger partial charge in [0.25, 0.3) is 10.0 Å². The molecule has 0 radical (unpaired) electrons. The Labute approximate surface area is 113 Å². The molecule has 2 rings (SSSR count). The van der Waals surface area contributed by atoms with Crippen molar-refractivity contribution in [3.8, 4) is 0 Å². The van der Waals surface area contributed by atoms with Crippen LogP contribution in [0.15, 0.2) is 23.4 Å². The summed E-state index contributed by atoms with van der Waals surface area (Å²) in [6.07, 6.45) is 3.53. The van der Waals surface area contributed by atoms with Gasteiger partial charge < -0.3 is 0 Å². The maximum atomic E-state index is 12.4. The molecule has 1 aromatic rings. The number of hydrogen-bond acceptors (Lipinski definition) is 3. The summed E-state index contributed by atoms with van der Waals surface area (Å²) in [5.74, 6) is 0.754. The predicted octanol–water partition coefficient (Wildman–Crippen LogP) is 2.24. The highest BCUT2D eigenvalue weighted by molar-refractivity contribution is 7.89. The van der Waals surface area contributed by atoms with E-state index in [4.69, 9.17) is 11.6 Å². The number of nitrogens with zero attached hydrogens (tertiary/aromatic N) is 2. The van der Waals surface area contributed by atoms with E-state index in [0.29, 0.717) is 24.9 Å². The van der Waals surface area contributed by atoms with Gasteiger partial charge in [0.05, 0.1) is 0 Å². The highest BCUT2D eigenvalue weighted by atomic mass is 35.5. The minimum absolute atomic E-state index is 0.116. The van der Waals surface area contributed by atoms with Gasteiger partial charge in [-0.1, -0.05) is 13.0 Å². The number of piperidine rings is 1. The van der Waals surface area contributed by atoms with Crippen LogP contribution in [0.1, 0.15) is 25.3 Å². The third kappa shape index (κ3) is 2.84. The van der Waals surface area contributed by atoms with Crippen LogP contribution in [0.25, 0.3) is 0 Å². The number of alkyl halides is 1.